The lowest BCUT2D eigenvalue weighted by Gasteiger charge is -2.38. The predicted octanol–water partition coefficient (Wildman–Crippen LogP) is 5.18. The zero-order valence-corrected chi connectivity index (χ0v) is 16.1. The molecule has 0 bridgehead atoms. The third-order valence-corrected chi connectivity index (χ3v) is 5.10. The van der Waals surface area contributed by atoms with E-state index >= 15 is 0 Å². The van der Waals surface area contributed by atoms with Crippen LogP contribution < -0.4 is 10.1 Å². The maximum atomic E-state index is 12.9. The molecule has 0 spiro atoms. The molecule has 1 fully saturated rings. The van der Waals surface area contributed by atoms with Crippen LogP contribution in [0, 0.1) is 5.92 Å². The third-order valence-electron chi connectivity index (χ3n) is 5.10. The van der Waals surface area contributed by atoms with Crippen LogP contribution in [0.15, 0.2) is 24.3 Å². The van der Waals surface area contributed by atoms with Gasteiger partial charge in [0.25, 0.3) is 5.91 Å². The molecule has 0 aliphatic heterocycles. The van der Waals surface area contributed by atoms with Gasteiger partial charge in [-0.3, -0.25) is 4.79 Å². The second-order valence-electron chi connectivity index (χ2n) is 7.34. The summed E-state index contributed by atoms with van der Waals surface area (Å²) in [6, 6.07) is 7.61. The summed E-state index contributed by atoms with van der Waals surface area (Å²) in [4.78, 5) is 12.9. The van der Waals surface area contributed by atoms with Gasteiger partial charge in [-0.2, -0.15) is 0 Å². The average molecular weight is 347 g/mol. The van der Waals surface area contributed by atoms with Gasteiger partial charge in [0.1, 0.15) is 11.4 Å². The molecule has 0 aromatic heterocycles. The summed E-state index contributed by atoms with van der Waals surface area (Å²) >= 11 is 0. The highest BCUT2D eigenvalue weighted by molar-refractivity contribution is 5.97. The molecule has 4 heteroatoms. The van der Waals surface area contributed by atoms with E-state index in [0.29, 0.717) is 12.5 Å². The monoisotopic (exact) mass is 347 g/mol. The summed E-state index contributed by atoms with van der Waals surface area (Å²) in [5.41, 5.74) is 0.119. The molecule has 25 heavy (non-hydrogen) atoms. The van der Waals surface area contributed by atoms with E-state index in [9.17, 15) is 4.79 Å². The van der Waals surface area contributed by atoms with Gasteiger partial charge in [-0.1, -0.05) is 20.8 Å². The number of carbonyl (C=O) groups is 1. The largest absolute Gasteiger partial charge is 0.491 e. The van der Waals surface area contributed by atoms with Crippen molar-refractivity contribution in [2.24, 2.45) is 5.92 Å². The highest BCUT2D eigenvalue weighted by Crippen LogP contribution is 2.36. The summed E-state index contributed by atoms with van der Waals surface area (Å²) in [5, 5.41) is 3.05. The van der Waals surface area contributed by atoms with E-state index in [-0.39, 0.29) is 12.0 Å². The quantitative estimate of drug-likeness (QED) is 0.705. The van der Waals surface area contributed by atoms with E-state index in [4.69, 9.17) is 9.47 Å². The van der Waals surface area contributed by atoms with E-state index in [1.165, 1.54) is 0 Å². The molecule has 0 unspecified atom stereocenters. The molecule has 0 radical (unpaired) electrons. The molecule has 1 aromatic carbocycles. The van der Waals surface area contributed by atoms with Gasteiger partial charge in [0, 0.05) is 12.3 Å². The van der Waals surface area contributed by atoms with Crippen molar-refractivity contribution in [3.05, 3.63) is 24.3 Å². The number of benzene rings is 1. The SMILES string of the molecule is CCCOC1(C(=O)Nc2ccc(O[C@@H](C)CC)cc2)CCC(C)CC1. The fraction of sp³-hybridized carbons (Fsp3) is 0.667. The van der Waals surface area contributed by atoms with Crippen molar-refractivity contribution in [1.82, 2.24) is 0 Å². The lowest BCUT2D eigenvalue weighted by molar-refractivity contribution is -0.147. The van der Waals surface area contributed by atoms with Crippen molar-refractivity contribution < 1.29 is 14.3 Å². The second kappa shape index (κ2) is 9.23. The van der Waals surface area contributed by atoms with Crippen molar-refractivity contribution in [2.75, 3.05) is 11.9 Å². The molecule has 1 saturated carbocycles. The molecule has 0 saturated heterocycles. The molecule has 1 N–H and O–H groups in total. The minimum atomic E-state index is -0.672. The Kier molecular flexibility index (Phi) is 7.30. The number of amides is 1. The molecule has 0 heterocycles. The van der Waals surface area contributed by atoms with Crippen molar-refractivity contribution in [3.8, 4) is 5.75 Å². The predicted molar refractivity (Wildman–Crippen MR) is 102 cm³/mol. The fourth-order valence-electron chi connectivity index (χ4n) is 3.14. The van der Waals surface area contributed by atoms with Gasteiger partial charge in [-0.25, -0.2) is 0 Å². The number of ether oxygens (including phenoxy) is 2. The average Bonchev–Trinajstić information content (AvgIpc) is 2.63. The summed E-state index contributed by atoms with van der Waals surface area (Å²) in [6.45, 7) is 9.10. The smallest absolute Gasteiger partial charge is 0.256 e. The van der Waals surface area contributed by atoms with E-state index in [2.05, 4.69) is 33.0 Å². The van der Waals surface area contributed by atoms with Gasteiger partial charge in [0.05, 0.1) is 6.10 Å². The van der Waals surface area contributed by atoms with Crippen LogP contribution in [0.2, 0.25) is 0 Å². The number of rotatable bonds is 8. The van der Waals surface area contributed by atoms with Crippen LogP contribution in [-0.4, -0.2) is 24.2 Å². The van der Waals surface area contributed by atoms with Gasteiger partial charge in [0.15, 0.2) is 0 Å². The highest BCUT2D eigenvalue weighted by atomic mass is 16.5. The zero-order chi connectivity index (χ0) is 18.3. The van der Waals surface area contributed by atoms with Crippen LogP contribution in [0.3, 0.4) is 0 Å². The van der Waals surface area contributed by atoms with Crippen molar-refractivity contribution >= 4 is 11.6 Å². The van der Waals surface area contributed by atoms with Crippen LogP contribution in [0.25, 0.3) is 0 Å². The Balaban J connectivity index is 2.02. The Bertz CT molecular complexity index is 527. The molecular formula is C21H33NO3. The normalized spacial score (nSPS) is 24.6. The minimum absolute atomic E-state index is 0.0107. The number of hydrogen-bond donors (Lipinski definition) is 1. The summed E-state index contributed by atoms with van der Waals surface area (Å²) in [6.07, 6.45) is 5.76. The van der Waals surface area contributed by atoms with Crippen LogP contribution in [0.5, 0.6) is 5.75 Å². The molecule has 140 valence electrons. The number of carbonyl (C=O) groups excluding carboxylic acids is 1. The first-order valence-corrected chi connectivity index (χ1v) is 9.71. The van der Waals surface area contributed by atoms with Crippen molar-refractivity contribution in [2.45, 2.75) is 77.9 Å². The molecule has 1 amide bonds. The third kappa shape index (κ3) is 5.46. The van der Waals surface area contributed by atoms with E-state index < -0.39 is 5.60 Å². The molecular weight excluding hydrogens is 314 g/mol. The first-order chi connectivity index (χ1) is 12.0. The van der Waals surface area contributed by atoms with Gasteiger partial charge in [0.2, 0.25) is 0 Å². The number of anilines is 1. The zero-order valence-electron chi connectivity index (χ0n) is 16.1. The second-order valence-corrected chi connectivity index (χ2v) is 7.34. The Hall–Kier alpha value is -1.55. The van der Waals surface area contributed by atoms with E-state index in [1.54, 1.807) is 0 Å². The first kappa shape index (κ1) is 19.8. The fourth-order valence-corrected chi connectivity index (χ4v) is 3.14. The summed E-state index contributed by atoms with van der Waals surface area (Å²) < 4.78 is 11.8. The van der Waals surface area contributed by atoms with Crippen molar-refractivity contribution in [3.63, 3.8) is 0 Å². The maximum absolute atomic E-state index is 12.9. The molecule has 1 aromatic rings. The Morgan fingerprint density at radius 1 is 1.24 bits per heavy atom. The number of hydrogen-bond acceptors (Lipinski definition) is 3. The highest BCUT2D eigenvalue weighted by Gasteiger charge is 2.42. The Morgan fingerprint density at radius 3 is 2.44 bits per heavy atom. The Morgan fingerprint density at radius 2 is 1.88 bits per heavy atom. The maximum Gasteiger partial charge on any atom is 0.256 e. The number of nitrogens with one attached hydrogen (secondary N) is 1. The summed E-state index contributed by atoms with van der Waals surface area (Å²) in [5.74, 6) is 1.49. The van der Waals surface area contributed by atoms with Gasteiger partial charge < -0.3 is 14.8 Å². The topological polar surface area (TPSA) is 47.6 Å². The summed E-state index contributed by atoms with van der Waals surface area (Å²) in [7, 11) is 0. The van der Waals surface area contributed by atoms with Gasteiger partial charge in [-0.05, 0) is 75.6 Å². The molecule has 1 aliphatic rings. The van der Waals surface area contributed by atoms with Crippen molar-refractivity contribution in [1.29, 1.82) is 0 Å². The van der Waals surface area contributed by atoms with E-state index in [0.717, 1.165) is 50.0 Å². The van der Waals surface area contributed by atoms with Crippen LogP contribution in [-0.2, 0) is 9.53 Å². The lowest BCUT2D eigenvalue weighted by atomic mass is 9.78. The van der Waals surface area contributed by atoms with Crippen LogP contribution >= 0.6 is 0 Å². The first-order valence-electron chi connectivity index (χ1n) is 9.71. The van der Waals surface area contributed by atoms with Crippen LogP contribution in [0.1, 0.15) is 66.2 Å². The van der Waals surface area contributed by atoms with Crippen LogP contribution in [0.4, 0.5) is 5.69 Å². The standard InChI is InChI=1S/C21H33NO3/c1-5-15-24-21(13-11-16(3)12-14-21)20(23)22-18-7-9-19(10-8-18)25-17(4)6-2/h7-10,16-17H,5-6,11-15H2,1-4H3,(H,22,23)/t16?,17-,21?/m0/s1. The molecule has 1 atom stereocenters. The van der Waals surface area contributed by atoms with Gasteiger partial charge in [-0.15, -0.1) is 0 Å². The van der Waals surface area contributed by atoms with Gasteiger partial charge >= 0.3 is 0 Å². The molecule has 2 rings (SSSR count). The van der Waals surface area contributed by atoms with E-state index in [1.807, 2.05) is 24.3 Å². The molecule has 1 aliphatic carbocycles. The Labute approximate surface area is 152 Å². The lowest BCUT2D eigenvalue weighted by Crippen LogP contribution is -2.48. The minimum Gasteiger partial charge on any atom is -0.491 e. The molecule has 4 nitrogen and oxygen atoms in total.